The number of methoxy groups -OCH3 is 1. The highest BCUT2D eigenvalue weighted by atomic mass is 19.4. The number of ether oxygens (including phenoxy) is 1. The maximum Gasteiger partial charge on any atom is 0.401 e. The lowest BCUT2D eigenvalue weighted by molar-refractivity contribution is -0.125. The molecule has 1 unspecified atom stereocenters. The zero-order valence-corrected chi connectivity index (χ0v) is 10.4. The van der Waals surface area contributed by atoms with Crippen LogP contribution in [-0.4, -0.2) is 56.5 Å². The quantitative estimate of drug-likeness (QED) is 0.755. The van der Waals surface area contributed by atoms with Crippen LogP contribution in [0, 0.1) is 0 Å². The largest absolute Gasteiger partial charge is 0.401 e. The number of hydrogen-bond acceptors (Lipinski definition) is 3. The van der Waals surface area contributed by atoms with Crippen molar-refractivity contribution in [1.29, 1.82) is 0 Å². The van der Waals surface area contributed by atoms with Gasteiger partial charge in [0.15, 0.2) is 0 Å². The summed E-state index contributed by atoms with van der Waals surface area (Å²) in [5.41, 5.74) is -0.151. The first-order chi connectivity index (χ1) is 7.85. The summed E-state index contributed by atoms with van der Waals surface area (Å²) in [6, 6.07) is 0. The molecule has 0 aromatic rings. The molecule has 0 amide bonds. The van der Waals surface area contributed by atoms with Gasteiger partial charge in [0.2, 0.25) is 0 Å². The minimum atomic E-state index is -4.12. The van der Waals surface area contributed by atoms with E-state index in [4.69, 9.17) is 4.74 Å². The molecule has 1 aliphatic heterocycles. The lowest BCUT2D eigenvalue weighted by Gasteiger charge is -2.39. The van der Waals surface area contributed by atoms with Gasteiger partial charge in [-0.2, -0.15) is 13.2 Å². The summed E-state index contributed by atoms with van der Waals surface area (Å²) in [6.07, 6.45) is -2.08. The molecule has 1 rings (SSSR count). The molecule has 0 aliphatic carbocycles. The molecular formula is C11H21F3N2O. The molecule has 0 aromatic heterocycles. The second-order valence-corrected chi connectivity index (χ2v) is 4.83. The number of piperidine rings is 1. The zero-order chi connectivity index (χ0) is 12.9. The van der Waals surface area contributed by atoms with Gasteiger partial charge in [-0.1, -0.05) is 0 Å². The predicted molar refractivity (Wildman–Crippen MR) is 60.0 cm³/mol. The molecule has 102 valence electrons. The number of rotatable bonds is 5. The zero-order valence-electron chi connectivity index (χ0n) is 10.4. The van der Waals surface area contributed by atoms with E-state index in [1.807, 2.05) is 6.92 Å². The average Bonchev–Trinajstić information content (AvgIpc) is 2.24. The van der Waals surface area contributed by atoms with Gasteiger partial charge in [0.05, 0.1) is 12.1 Å². The molecule has 3 nitrogen and oxygen atoms in total. The van der Waals surface area contributed by atoms with Crippen LogP contribution in [0.1, 0.15) is 19.8 Å². The van der Waals surface area contributed by atoms with Crippen LogP contribution in [0.3, 0.4) is 0 Å². The van der Waals surface area contributed by atoms with Gasteiger partial charge < -0.3 is 10.1 Å². The SMILES string of the molecule is COC1(C)CCCN(CCNCC(F)(F)F)C1. The highest BCUT2D eigenvalue weighted by molar-refractivity contribution is 4.84. The van der Waals surface area contributed by atoms with Gasteiger partial charge in [-0.15, -0.1) is 0 Å². The third-order valence-corrected chi connectivity index (χ3v) is 3.16. The van der Waals surface area contributed by atoms with Gasteiger partial charge in [0.25, 0.3) is 0 Å². The van der Waals surface area contributed by atoms with Crippen molar-refractivity contribution in [2.75, 3.05) is 39.8 Å². The molecule has 0 bridgehead atoms. The number of nitrogens with one attached hydrogen (secondary N) is 1. The van der Waals surface area contributed by atoms with Gasteiger partial charge >= 0.3 is 6.18 Å². The summed E-state index contributed by atoms with van der Waals surface area (Å²) in [7, 11) is 1.69. The van der Waals surface area contributed by atoms with Gasteiger partial charge in [0, 0.05) is 26.7 Å². The minimum Gasteiger partial charge on any atom is -0.377 e. The van der Waals surface area contributed by atoms with Crippen LogP contribution < -0.4 is 5.32 Å². The Morgan fingerprint density at radius 1 is 1.41 bits per heavy atom. The number of likely N-dealkylation sites (tertiary alicyclic amines) is 1. The number of nitrogens with zero attached hydrogens (tertiary/aromatic N) is 1. The Kier molecular flexibility index (Phi) is 5.22. The van der Waals surface area contributed by atoms with Gasteiger partial charge in [-0.25, -0.2) is 0 Å². The van der Waals surface area contributed by atoms with Gasteiger partial charge in [-0.05, 0) is 26.3 Å². The molecule has 17 heavy (non-hydrogen) atoms. The number of hydrogen-bond donors (Lipinski definition) is 1. The first kappa shape index (κ1) is 14.7. The van der Waals surface area contributed by atoms with Crippen LogP contribution in [0.2, 0.25) is 0 Å². The van der Waals surface area contributed by atoms with E-state index in [0.29, 0.717) is 13.1 Å². The topological polar surface area (TPSA) is 24.5 Å². The van der Waals surface area contributed by atoms with Crippen molar-refractivity contribution in [3.8, 4) is 0 Å². The van der Waals surface area contributed by atoms with E-state index in [0.717, 1.165) is 25.9 Å². The highest BCUT2D eigenvalue weighted by Gasteiger charge is 2.30. The molecule has 6 heteroatoms. The molecule has 0 spiro atoms. The van der Waals surface area contributed by atoms with E-state index in [9.17, 15) is 13.2 Å². The summed E-state index contributed by atoms with van der Waals surface area (Å²) >= 11 is 0. The Balaban J connectivity index is 2.19. The van der Waals surface area contributed by atoms with Crippen molar-refractivity contribution >= 4 is 0 Å². The summed E-state index contributed by atoms with van der Waals surface area (Å²) in [5, 5.41) is 2.41. The van der Waals surface area contributed by atoms with Crippen LogP contribution in [0.15, 0.2) is 0 Å². The summed E-state index contributed by atoms with van der Waals surface area (Å²) < 4.78 is 41.1. The number of halogens is 3. The summed E-state index contributed by atoms with van der Waals surface area (Å²) in [6.45, 7) is 3.85. The molecule has 1 atom stereocenters. The second-order valence-electron chi connectivity index (χ2n) is 4.83. The van der Waals surface area contributed by atoms with Crippen LogP contribution >= 0.6 is 0 Å². The Morgan fingerprint density at radius 3 is 2.71 bits per heavy atom. The fraction of sp³-hybridized carbons (Fsp3) is 1.00. The Bertz CT molecular complexity index is 235. The van der Waals surface area contributed by atoms with E-state index < -0.39 is 12.7 Å². The van der Waals surface area contributed by atoms with E-state index >= 15 is 0 Å². The minimum absolute atomic E-state index is 0.151. The van der Waals surface area contributed by atoms with Crippen LogP contribution in [0.25, 0.3) is 0 Å². The molecular weight excluding hydrogens is 233 g/mol. The van der Waals surface area contributed by atoms with Gasteiger partial charge in [0.1, 0.15) is 0 Å². The first-order valence-corrected chi connectivity index (χ1v) is 5.90. The average molecular weight is 254 g/mol. The summed E-state index contributed by atoms with van der Waals surface area (Å²) in [4.78, 5) is 2.15. The maximum absolute atomic E-state index is 11.9. The third-order valence-electron chi connectivity index (χ3n) is 3.16. The van der Waals surface area contributed by atoms with E-state index in [1.165, 1.54) is 0 Å². The normalized spacial score (nSPS) is 27.4. The van der Waals surface area contributed by atoms with Crippen molar-refractivity contribution < 1.29 is 17.9 Å². The highest BCUT2D eigenvalue weighted by Crippen LogP contribution is 2.23. The maximum atomic E-state index is 11.9. The standard InChI is InChI=1S/C11H21F3N2O/c1-10(17-2)4-3-6-16(9-10)7-5-15-8-11(12,13)14/h15H,3-9H2,1-2H3. The van der Waals surface area contributed by atoms with Crippen molar-refractivity contribution in [3.63, 3.8) is 0 Å². The van der Waals surface area contributed by atoms with Crippen LogP contribution in [0.4, 0.5) is 13.2 Å². The molecule has 1 heterocycles. The lowest BCUT2D eigenvalue weighted by Crippen LogP contribution is -2.49. The lowest BCUT2D eigenvalue weighted by atomic mass is 9.95. The van der Waals surface area contributed by atoms with E-state index in [2.05, 4.69) is 10.2 Å². The molecule has 1 saturated heterocycles. The van der Waals surface area contributed by atoms with E-state index in [-0.39, 0.29) is 5.60 Å². The third kappa shape index (κ3) is 5.70. The van der Waals surface area contributed by atoms with Crippen LogP contribution in [0.5, 0.6) is 0 Å². The molecule has 0 radical (unpaired) electrons. The van der Waals surface area contributed by atoms with Crippen molar-refractivity contribution in [1.82, 2.24) is 10.2 Å². The molecule has 1 N–H and O–H groups in total. The molecule has 0 saturated carbocycles. The smallest absolute Gasteiger partial charge is 0.377 e. The second kappa shape index (κ2) is 6.02. The number of alkyl halides is 3. The van der Waals surface area contributed by atoms with Crippen molar-refractivity contribution in [2.24, 2.45) is 0 Å². The molecule has 1 aliphatic rings. The molecule has 0 aromatic carbocycles. The Hall–Kier alpha value is -0.330. The summed E-state index contributed by atoms with van der Waals surface area (Å²) in [5.74, 6) is 0. The Morgan fingerprint density at radius 2 is 2.12 bits per heavy atom. The molecule has 1 fully saturated rings. The Labute approximate surface area is 100 Å². The first-order valence-electron chi connectivity index (χ1n) is 5.90. The predicted octanol–water partition coefficient (Wildman–Crippen LogP) is 1.64. The monoisotopic (exact) mass is 254 g/mol. The fourth-order valence-electron chi connectivity index (χ4n) is 2.13. The fourth-order valence-corrected chi connectivity index (χ4v) is 2.13. The van der Waals surface area contributed by atoms with E-state index in [1.54, 1.807) is 7.11 Å². The van der Waals surface area contributed by atoms with Gasteiger partial charge in [-0.3, -0.25) is 4.90 Å². The van der Waals surface area contributed by atoms with Crippen LogP contribution in [-0.2, 0) is 4.74 Å². The van der Waals surface area contributed by atoms with Crippen molar-refractivity contribution in [3.05, 3.63) is 0 Å². The van der Waals surface area contributed by atoms with Crippen molar-refractivity contribution in [2.45, 2.75) is 31.5 Å².